The van der Waals surface area contributed by atoms with Gasteiger partial charge < -0.3 is 9.47 Å². The van der Waals surface area contributed by atoms with Crippen LogP contribution in [0.25, 0.3) is 0 Å². The number of Topliss-reactive ketones (excluding diaryl/α,β-unsaturated/α-hetero) is 1. The van der Waals surface area contributed by atoms with Gasteiger partial charge in [0.1, 0.15) is 12.4 Å². The van der Waals surface area contributed by atoms with Crippen LogP contribution in [-0.2, 0) is 11.3 Å². The minimum absolute atomic E-state index is 0.0108. The highest BCUT2D eigenvalue weighted by Gasteiger charge is 2.08. The smallest absolute Gasteiger partial charge is 0.188 e. The first-order valence-electron chi connectivity index (χ1n) is 6.50. The lowest BCUT2D eigenvalue weighted by Crippen LogP contribution is -2.10. The molecule has 0 aromatic heterocycles. The fourth-order valence-electron chi connectivity index (χ4n) is 1.95. The van der Waals surface area contributed by atoms with Crippen LogP contribution in [0.5, 0.6) is 5.75 Å². The van der Waals surface area contributed by atoms with E-state index in [4.69, 9.17) is 9.47 Å². The van der Waals surface area contributed by atoms with Crippen molar-refractivity contribution in [2.75, 3.05) is 13.7 Å². The van der Waals surface area contributed by atoms with E-state index < -0.39 is 0 Å². The molecule has 0 fully saturated rings. The van der Waals surface area contributed by atoms with E-state index in [0.717, 1.165) is 22.4 Å². The molecule has 0 saturated heterocycles. The van der Waals surface area contributed by atoms with Gasteiger partial charge in [-0.2, -0.15) is 0 Å². The maximum Gasteiger partial charge on any atom is 0.188 e. The average molecular weight is 270 g/mol. The van der Waals surface area contributed by atoms with Gasteiger partial charge in [-0.15, -0.1) is 0 Å². The van der Waals surface area contributed by atoms with Crippen molar-refractivity contribution < 1.29 is 14.3 Å². The van der Waals surface area contributed by atoms with Gasteiger partial charge in [0.05, 0.1) is 13.7 Å². The van der Waals surface area contributed by atoms with Crippen LogP contribution in [0.2, 0.25) is 0 Å². The molecule has 0 spiro atoms. The monoisotopic (exact) mass is 270 g/mol. The van der Waals surface area contributed by atoms with Crippen molar-refractivity contribution in [2.24, 2.45) is 0 Å². The minimum atomic E-state index is 0.0108. The number of hydrogen-bond donors (Lipinski definition) is 0. The second-order valence-electron chi connectivity index (χ2n) is 4.58. The number of ketones is 1. The van der Waals surface area contributed by atoms with Crippen LogP contribution in [0.1, 0.15) is 21.5 Å². The first kappa shape index (κ1) is 14.3. The van der Waals surface area contributed by atoms with E-state index in [1.807, 2.05) is 55.5 Å². The first-order chi connectivity index (χ1) is 9.70. The van der Waals surface area contributed by atoms with Gasteiger partial charge in [-0.05, 0) is 30.2 Å². The van der Waals surface area contributed by atoms with Crippen molar-refractivity contribution in [3.8, 4) is 5.75 Å². The van der Waals surface area contributed by atoms with E-state index in [1.54, 1.807) is 7.11 Å². The predicted octanol–water partition coefficient (Wildman–Crippen LogP) is 3.40. The number of hydrogen-bond acceptors (Lipinski definition) is 3. The average Bonchev–Trinajstić information content (AvgIpc) is 2.48. The van der Waals surface area contributed by atoms with Crippen molar-refractivity contribution in [2.45, 2.75) is 13.5 Å². The summed E-state index contributed by atoms with van der Waals surface area (Å²) < 4.78 is 10.6. The number of benzene rings is 2. The molecule has 0 saturated carbocycles. The van der Waals surface area contributed by atoms with Crippen molar-refractivity contribution in [3.05, 3.63) is 65.2 Å². The Labute approximate surface area is 119 Å². The molecular formula is C17H18O3. The number of aryl methyl sites for hydroxylation is 1. The highest BCUT2D eigenvalue weighted by atomic mass is 16.5. The molecule has 0 radical (unpaired) electrons. The topological polar surface area (TPSA) is 35.5 Å². The first-order valence-corrected chi connectivity index (χ1v) is 6.50. The van der Waals surface area contributed by atoms with Crippen molar-refractivity contribution >= 4 is 5.78 Å². The van der Waals surface area contributed by atoms with Crippen LogP contribution in [0, 0.1) is 6.92 Å². The Hall–Kier alpha value is -2.13. The summed E-state index contributed by atoms with van der Waals surface area (Å²) in [6.45, 7) is 2.44. The minimum Gasteiger partial charge on any atom is -0.497 e. The largest absolute Gasteiger partial charge is 0.497 e. The normalized spacial score (nSPS) is 10.3. The number of carbonyl (C=O) groups is 1. The Morgan fingerprint density at radius 1 is 1.05 bits per heavy atom. The molecule has 0 unspecified atom stereocenters. The summed E-state index contributed by atoms with van der Waals surface area (Å²) in [7, 11) is 1.63. The Morgan fingerprint density at radius 3 is 2.40 bits per heavy atom. The quantitative estimate of drug-likeness (QED) is 0.755. The summed E-state index contributed by atoms with van der Waals surface area (Å²) in [5.41, 5.74) is 2.72. The Balaban J connectivity index is 1.86. The number of rotatable bonds is 6. The molecule has 0 atom stereocenters. The molecule has 0 bridgehead atoms. The molecule has 104 valence electrons. The third-order valence-corrected chi connectivity index (χ3v) is 3.11. The maximum atomic E-state index is 12.0. The van der Waals surface area contributed by atoms with Crippen LogP contribution in [0.4, 0.5) is 0 Å². The van der Waals surface area contributed by atoms with Gasteiger partial charge in [-0.3, -0.25) is 4.79 Å². The van der Waals surface area contributed by atoms with Crippen LogP contribution >= 0.6 is 0 Å². The predicted molar refractivity (Wildman–Crippen MR) is 78.2 cm³/mol. The molecule has 0 aliphatic rings. The maximum absolute atomic E-state index is 12.0. The standard InChI is InChI=1S/C17H18O3/c1-13-5-3-4-6-16(13)17(18)12-20-11-14-7-9-15(19-2)10-8-14/h3-10H,11-12H2,1-2H3. The number of methoxy groups -OCH3 is 1. The van der Waals surface area contributed by atoms with Crippen LogP contribution in [-0.4, -0.2) is 19.5 Å². The van der Waals surface area contributed by atoms with E-state index >= 15 is 0 Å². The van der Waals surface area contributed by atoms with E-state index in [9.17, 15) is 4.79 Å². The Kier molecular flexibility index (Phi) is 4.91. The van der Waals surface area contributed by atoms with E-state index in [1.165, 1.54) is 0 Å². The Bertz CT molecular complexity index is 573. The fraction of sp³-hybridized carbons (Fsp3) is 0.235. The van der Waals surface area contributed by atoms with E-state index in [0.29, 0.717) is 6.61 Å². The molecule has 2 rings (SSSR count). The zero-order valence-corrected chi connectivity index (χ0v) is 11.8. The van der Waals surface area contributed by atoms with Crippen LogP contribution in [0.15, 0.2) is 48.5 Å². The molecule has 0 aliphatic carbocycles. The highest BCUT2D eigenvalue weighted by molar-refractivity contribution is 5.98. The van der Waals surface area contributed by atoms with Gasteiger partial charge in [0.25, 0.3) is 0 Å². The lowest BCUT2D eigenvalue weighted by molar-refractivity contribution is 0.0726. The van der Waals surface area contributed by atoms with Crippen molar-refractivity contribution in [3.63, 3.8) is 0 Å². The van der Waals surface area contributed by atoms with Gasteiger partial charge in [-0.25, -0.2) is 0 Å². The lowest BCUT2D eigenvalue weighted by atomic mass is 10.1. The van der Waals surface area contributed by atoms with Gasteiger partial charge in [0.2, 0.25) is 0 Å². The summed E-state index contributed by atoms with van der Waals surface area (Å²) in [4.78, 5) is 12.0. The van der Waals surface area contributed by atoms with Crippen LogP contribution < -0.4 is 4.74 Å². The zero-order chi connectivity index (χ0) is 14.4. The Morgan fingerprint density at radius 2 is 1.75 bits per heavy atom. The molecule has 0 aliphatic heterocycles. The third kappa shape index (κ3) is 3.68. The summed E-state index contributed by atoms with van der Waals surface area (Å²) in [5, 5.41) is 0. The van der Waals surface area contributed by atoms with Gasteiger partial charge in [0.15, 0.2) is 5.78 Å². The molecule has 3 heteroatoms. The second kappa shape index (κ2) is 6.87. The summed E-state index contributed by atoms with van der Waals surface area (Å²) in [6, 6.07) is 15.1. The molecule has 0 N–H and O–H groups in total. The van der Waals surface area contributed by atoms with E-state index in [-0.39, 0.29) is 12.4 Å². The summed E-state index contributed by atoms with van der Waals surface area (Å²) in [5.74, 6) is 0.821. The van der Waals surface area contributed by atoms with Crippen molar-refractivity contribution in [1.29, 1.82) is 0 Å². The van der Waals surface area contributed by atoms with Crippen molar-refractivity contribution in [1.82, 2.24) is 0 Å². The molecule has 0 amide bonds. The fourth-order valence-corrected chi connectivity index (χ4v) is 1.95. The number of ether oxygens (including phenoxy) is 2. The number of carbonyl (C=O) groups excluding carboxylic acids is 1. The van der Waals surface area contributed by atoms with Gasteiger partial charge in [0, 0.05) is 5.56 Å². The van der Waals surface area contributed by atoms with Gasteiger partial charge in [-0.1, -0.05) is 36.4 Å². The highest BCUT2D eigenvalue weighted by Crippen LogP contribution is 2.12. The van der Waals surface area contributed by atoms with E-state index in [2.05, 4.69) is 0 Å². The van der Waals surface area contributed by atoms with Gasteiger partial charge >= 0.3 is 0 Å². The third-order valence-electron chi connectivity index (χ3n) is 3.11. The molecule has 0 heterocycles. The lowest BCUT2D eigenvalue weighted by Gasteiger charge is -2.07. The van der Waals surface area contributed by atoms with Crippen LogP contribution in [0.3, 0.4) is 0 Å². The SMILES string of the molecule is COc1ccc(COCC(=O)c2ccccc2C)cc1. The molecule has 2 aromatic rings. The molecule has 3 nitrogen and oxygen atoms in total. The molecular weight excluding hydrogens is 252 g/mol. The summed E-state index contributed by atoms with van der Waals surface area (Å²) in [6.07, 6.45) is 0. The summed E-state index contributed by atoms with van der Waals surface area (Å²) >= 11 is 0. The zero-order valence-electron chi connectivity index (χ0n) is 11.8. The molecule has 20 heavy (non-hydrogen) atoms. The second-order valence-corrected chi connectivity index (χ2v) is 4.58. The molecule has 2 aromatic carbocycles.